The SMILES string of the molecule is O=C1NC(Cc2ccccc2)=N/C1=C/c1ccco1. The molecule has 0 fully saturated rings. The lowest BCUT2D eigenvalue weighted by molar-refractivity contribution is -0.115. The molecule has 1 N–H and O–H groups in total. The summed E-state index contributed by atoms with van der Waals surface area (Å²) in [4.78, 5) is 16.1. The van der Waals surface area contributed by atoms with Crippen molar-refractivity contribution in [1.29, 1.82) is 0 Å². The summed E-state index contributed by atoms with van der Waals surface area (Å²) < 4.78 is 5.17. The van der Waals surface area contributed by atoms with E-state index in [4.69, 9.17) is 4.42 Å². The van der Waals surface area contributed by atoms with Gasteiger partial charge >= 0.3 is 0 Å². The monoisotopic (exact) mass is 252 g/mol. The molecule has 0 spiro atoms. The lowest BCUT2D eigenvalue weighted by atomic mass is 10.1. The Morgan fingerprint density at radius 2 is 2.00 bits per heavy atom. The van der Waals surface area contributed by atoms with Crippen LogP contribution in [0.15, 0.2) is 63.8 Å². The van der Waals surface area contributed by atoms with Crippen molar-refractivity contribution in [2.45, 2.75) is 6.42 Å². The van der Waals surface area contributed by atoms with Crippen LogP contribution in [0.25, 0.3) is 6.08 Å². The number of benzene rings is 1. The van der Waals surface area contributed by atoms with E-state index < -0.39 is 0 Å². The molecule has 1 aromatic carbocycles. The zero-order valence-electron chi connectivity index (χ0n) is 10.2. The third-order valence-corrected chi connectivity index (χ3v) is 2.78. The molecule has 1 aliphatic heterocycles. The van der Waals surface area contributed by atoms with E-state index in [-0.39, 0.29) is 5.91 Å². The van der Waals surface area contributed by atoms with Crippen LogP contribution in [0.5, 0.6) is 0 Å². The predicted molar refractivity (Wildman–Crippen MR) is 72.4 cm³/mol. The Morgan fingerprint density at radius 3 is 2.74 bits per heavy atom. The summed E-state index contributed by atoms with van der Waals surface area (Å²) in [6.45, 7) is 0. The summed E-state index contributed by atoms with van der Waals surface area (Å²) in [5, 5.41) is 2.77. The molecule has 2 aromatic rings. The number of hydrogen-bond acceptors (Lipinski definition) is 3. The van der Waals surface area contributed by atoms with Crippen LogP contribution < -0.4 is 5.32 Å². The Hall–Kier alpha value is -2.62. The van der Waals surface area contributed by atoms with Gasteiger partial charge in [-0.25, -0.2) is 4.99 Å². The van der Waals surface area contributed by atoms with Gasteiger partial charge in [-0.2, -0.15) is 0 Å². The second-order valence-corrected chi connectivity index (χ2v) is 4.22. The summed E-state index contributed by atoms with van der Waals surface area (Å²) in [5.41, 5.74) is 1.49. The van der Waals surface area contributed by atoms with Crippen LogP contribution in [0, 0.1) is 0 Å². The van der Waals surface area contributed by atoms with Gasteiger partial charge in [-0.05, 0) is 17.7 Å². The van der Waals surface area contributed by atoms with Gasteiger partial charge < -0.3 is 9.73 Å². The molecule has 4 heteroatoms. The van der Waals surface area contributed by atoms with E-state index in [9.17, 15) is 4.79 Å². The first-order valence-electron chi connectivity index (χ1n) is 5.99. The molecule has 0 unspecified atom stereocenters. The van der Waals surface area contributed by atoms with E-state index in [2.05, 4.69) is 10.3 Å². The molecule has 4 nitrogen and oxygen atoms in total. The van der Waals surface area contributed by atoms with Crippen LogP contribution in [-0.2, 0) is 11.2 Å². The Balaban J connectivity index is 1.80. The van der Waals surface area contributed by atoms with E-state index in [1.807, 2.05) is 30.3 Å². The average molecular weight is 252 g/mol. The smallest absolute Gasteiger partial charge is 0.275 e. The summed E-state index contributed by atoms with van der Waals surface area (Å²) >= 11 is 0. The molecule has 0 bridgehead atoms. The van der Waals surface area contributed by atoms with Crippen molar-refractivity contribution < 1.29 is 9.21 Å². The topological polar surface area (TPSA) is 54.6 Å². The van der Waals surface area contributed by atoms with Crippen molar-refractivity contribution >= 4 is 17.8 Å². The number of nitrogens with zero attached hydrogens (tertiary/aromatic N) is 1. The third-order valence-electron chi connectivity index (χ3n) is 2.78. The zero-order valence-corrected chi connectivity index (χ0v) is 10.2. The highest BCUT2D eigenvalue weighted by Gasteiger charge is 2.20. The quantitative estimate of drug-likeness (QED) is 0.853. The molecule has 2 heterocycles. The highest BCUT2D eigenvalue weighted by molar-refractivity contribution is 6.14. The van der Waals surface area contributed by atoms with Crippen molar-refractivity contribution in [3.05, 3.63) is 65.7 Å². The van der Waals surface area contributed by atoms with Crippen LogP contribution in [0.3, 0.4) is 0 Å². The fourth-order valence-electron chi connectivity index (χ4n) is 1.90. The van der Waals surface area contributed by atoms with Gasteiger partial charge in [0.2, 0.25) is 0 Å². The van der Waals surface area contributed by atoms with Gasteiger partial charge in [0.1, 0.15) is 17.3 Å². The van der Waals surface area contributed by atoms with E-state index in [0.717, 1.165) is 5.56 Å². The first-order chi connectivity index (χ1) is 9.31. The minimum absolute atomic E-state index is 0.192. The maximum absolute atomic E-state index is 11.8. The van der Waals surface area contributed by atoms with Gasteiger partial charge in [-0.3, -0.25) is 4.79 Å². The Kier molecular flexibility index (Phi) is 2.98. The number of aliphatic imine (C=N–C) groups is 1. The lowest BCUT2D eigenvalue weighted by Crippen LogP contribution is -2.25. The Labute approximate surface area is 110 Å². The maximum Gasteiger partial charge on any atom is 0.275 e. The number of amidine groups is 1. The first-order valence-corrected chi connectivity index (χ1v) is 5.99. The van der Waals surface area contributed by atoms with Gasteiger partial charge in [0, 0.05) is 12.5 Å². The van der Waals surface area contributed by atoms with Gasteiger partial charge in [0.15, 0.2) is 0 Å². The number of carbonyl (C=O) groups is 1. The first kappa shape index (κ1) is 11.5. The predicted octanol–water partition coefficient (Wildman–Crippen LogP) is 2.39. The molecule has 0 saturated carbocycles. The normalized spacial score (nSPS) is 16.5. The molecule has 0 saturated heterocycles. The van der Waals surface area contributed by atoms with Crippen molar-refractivity contribution in [1.82, 2.24) is 5.32 Å². The molecule has 94 valence electrons. The number of hydrogen-bond donors (Lipinski definition) is 1. The van der Waals surface area contributed by atoms with Crippen LogP contribution in [-0.4, -0.2) is 11.7 Å². The molecular weight excluding hydrogens is 240 g/mol. The van der Waals surface area contributed by atoms with Crippen molar-refractivity contribution in [3.8, 4) is 0 Å². The highest BCUT2D eigenvalue weighted by atomic mass is 16.3. The molecule has 1 aliphatic rings. The molecule has 0 radical (unpaired) electrons. The van der Waals surface area contributed by atoms with Crippen LogP contribution >= 0.6 is 0 Å². The average Bonchev–Trinajstić information content (AvgIpc) is 3.02. The lowest BCUT2D eigenvalue weighted by Gasteiger charge is -1.99. The van der Waals surface area contributed by atoms with Gasteiger partial charge in [0.25, 0.3) is 5.91 Å². The van der Waals surface area contributed by atoms with E-state index in [1.54, 1.807) is 24.5 Å². The summed E-state index contributed by atoms with van der Waals surface area (Å²) in [5.74, 6) is 1.09. The second kappa shape index (κ2) is 4.94. The van der Waals surface area contributed by atoms with Crippen LogP contribution in [0.4, 0.5) is 0 Å². The highest BCUT2D eigenvalue weighted by Crippen LogP contribution is 2.13. The standard InChI is InChI=1S/C15H12N2O2/c18-15-13(10-12-7-4-8-19-12)16-14(17-15)9-11-5-2-1-3-6-11/h1-8,10H,9H2,(H,16,17,18)/b13-10+. The molecule has 0 aliphatic carbocycles. The van der Waals surface area contributed by atoms with E-state index in [0.29, 0.717) is 23.7 Å². The zero-order chi connectivity index (χ0) is 13.1. The minimum Gasteiger partial charge on any atom is -0.465 e. The van der Waals surface area contributed by atoms with Gasteiger partial charge in [-0.15, -0.1) is 0 Å². The summed E-state index contributed by atoms with van der Waals surface area (Å²) in [6, 6.07) is 13.4. The van der Waals surface area contributed by atoms with Crippen molar-refractivity contribution in [3.63, 3.8) is 0 Å². The summed E-state index contributed by atoms with van der Waals surface area (Å²) in [6.07, 6.45) is 3.81. The summed E-state index contributed by atoms with van der Waals surface area (Å²) in [7, 11) is 0. The third kappa shape index (κ3) is 2.63. The molecule has 0 atom stereocenters. The fourth-order valence-corrected chi connectivity index (χ4v) is 1.90. The number of rotatable bonds is 3. The van der Waals surface area contributed by atoms with Crippen LogP contribution in [0.1, 0.15) is 11.3 Å². The van der Waals surface area contributed by atoms with Crippen LogP contribution in [0.2, 0.25) is 0 Å². The van der Waals surface area contributed by atoms with Gasteiger partial charge in [0.05, 0.1) is 6.26 Å². The maximum atomic E-state index is 11.8. The second-order valence-electron chi connectivity index (χ2n) is 4.22. The van der Waals surface area contributed by atoms with Crippen molar-refractivity contribution in [2.24, 2.45) is 4.99 Å². The fraction of sp³-hybridized carbons (Fsp3) is 0.0667. The van der Waals surface area contributed by atoms with Gasteiger partial charge in [-0.1, -0.05) is 30.3 Å². The molecule has 3 rings (SSSR count). The van der Waals surface area contributed by atoms with Crippen molar-refractivity contribution in [2.75, 3.05) is 0 Å². The number of amides is 1. The number of furan rings is 1. The van der Waals surface area contributed by atoms with E-state index >= 15 is 0 Å². The number of carbonyl (C=O) groups excluding carboxylic acids is 1. The molecular formula is C15H12N2O2. The van der Waals surface area contributed by atoms with E-state index in [1.165, 1.54) is 0 Å². The number of nitrogens with one attached hydrogen (secondary N) is 1. The Morgan fingerprint density at radius 1 is 1.16 bits per heavy atom. The molecule has 1 aromatic heterocycles. The minimum atomic E-state index is -0.192. The Bertz CT molecular complexity index is 640. The molecule has 19 heavy (non-hydrogen) atoms. The molecule has 1 amide bonds. The largest absolute Gasteiger partial charge is 0.465 e.